The molecule has 1 aliphatic heterocycles. The average molecular weight is 464 g/mol. The number of benzene rings is 2. The zero-order valence-electron chi connectivity index (χ0n) is 16.6. The molecule has 158 valence electrons. The van der Waals surface area contributed by atoms with Crippen molar-refractivity contribution in [2.45, 2.75) is 18.4 Å². The third-order valence-electron chi connectivity index (χ3n) is 5.40. The molecule has 30 heavy (non-hydrogen) atoms. The van der Waals surface area contributed by atoms with E-state index in [2.05, 4.69) is 9.80 Å². The molecule has 0 N–H and O–H groups in total. The van der Waals surface area contributed by atoms with E-state index in [4.69, 9.17) is 23.2 Å². The summed E-state index contributed by atoms with van der Waals surface area (Å²) in [6.07, 6.45) is 1.62. The van der Waals surface area contributed by atoms with Gasteiger partial charge in [0.05, 0.1) is 14.9 Å². The van der Waals surface area contributed by atoms with Gasteiger partial charge in [-0.1, -0.05) is 40.9 Å². The predicted molar refractivity (Wildman–Crippen MR) is 122 cm³/mol. The Kier molecular flexibility index (Phi) is 6.11. The van der Waals surface area contributed by atoms with Gasteiger partial charge >= 0.3 is 0 Å². The largest absolute Gasteiger partial charge is 0.369 e. The van der Waals surface area contributed by atoms with Gasteiger partial charge in [0.15, 0.2) is 0 Å². The standard InChI is InChI=1S/C22H23Cl2N3O2S/c1-17-4-7-20(8-5-17)30(28,29)27-10-2-3-19(27)16-25-11-13-26(14-12-25)18-6-9-21(23)22(24)15-18/h2-10,15H,11-14,16H2,1H3. The van der Waals surface area contributed by atoms with Crippen molar-refractivity contribution in [2.24, 2.45) is 0 Å². The molecule has 0 atom stereocenters. The first-order valence-electron chi connectivity index (χ1n) is 9.75. The number of piperazine rings is 1. The van der Waals surface area contributed by atoms with Gasteiger partial charge in [-0.15, -0.1) is 0 Å². The number of aryl methyl sites for hydroxylation is 1. The van der Waals surface area contributed by atoms with Crippen LogP contribution in [0.5, 0.6) is 0 Å². The number of halogens is 2. The van der Waals surface area contributed by atoms with Crippen molar-refractivity contribution in [3.05, 3.63) is 82.1 Å². The van der Waals surface area contributed by atoms with Crippen molar-refractivity contribution in [1.29, 1.82) is 0 Å². The van der Waals surface area contributed by atoms with Gasteiger partial charge in [0.25, 0.3) is 10.0 Å². The molecule has 0 bridgehead atoms. The van der Waals surface area contributed by atoms with Gasteiger partial charge in [-0.05, 0) is 49.4 Å². The highest BCUT2D eigenvalue weighted by Gasteiger charge is 2.23. The van der Waals surface area contributed by atoms with Crippen molar-refractivity contribution in [2.75, 3.05) is 31.1 Å². The zero-order valence-corrected chi connectivity index (χ0v) is 19.0. The lowest BCUT2D eigenvalue weighted by molar-refractivity contribution is 0.246. The van der Waals surface area contributed by atoms with Crippen molar-refractivity contribution in [1.82, 2.24) is 8.87 Å². The van der Waals surface area contributed by atoms with Gasteiger partial charge in [0.2, 0.25) is 0 Å². The maximum absolute atomic E-state index is 13.1. The van der Waals surface area contributed by atoms with Crippen LogP contribution in [0, 0.1) is 6.92 Å². The SMILES string of the molecule is Cc1ccc(S(=O)(=O)n2cccc2CN2CCN(c3ccc(Cl)c(Cl)c3)CC2)cc1. The second kappa shape index (κ2) is 8.63. The third kappa shape index (κ3) is 4.37. The van der Waals surface area contributed by atoms with Crippen molar-refractivity contribution >= 4 is 38.9 Å². The Balaban J connectivity index is 1.45. The predicted octanol–water partition coefficient (Wildman–Crippen LogP) is 4.66. The van der Waals surface area contributed by atoms with Gasteiger partial charge < -0.3 is 4.90 Å². The molecule has 0 spiro atoms. The number of hydrogen-bond donors (Lipinski definition) is 0. The normalized spacial score (nSPS) is 15.5. The van der Waals surface area contributed by atoms with Gasteiger partial charge in [-0.3, -0.25) is 4.90 Å². The molecule has 2 heterocycles. The van der Waals surface area contributed by atoms with Crippen LogP contribution in [0.3, 0.4) is 0 Å². The van der Waals surface area contributed by atoms with Gasteiger partial charge in [0, 0.05) is 50.3 Å². The maximum Gasteiger partial charge on any atom is 0.267 e. The summed E-state index contributed by atoms with van der Waals surface area (Å²) in [5.41, 5.74) is 2.84. The van der Waals surface area contributed by atoms with Crippen LogP contribution in [-0.2, 0) is 16.6 Å². The molecule has 0 saturated carbocycles. The van der Waals surface area contributed by atoms with Crippen LogP contribution >= 0.6 is 23.2 Å². The minimum atomic E-state index is -3.60. The maximum atomic E-state index is 13.1. The first-order valence-corrected chi connectivity index (χ1v) is 11.9. The summed E-state index contributed by atoms with van der Waals surface area (Å²) in [7, 11) is -3.60. The van der Waals surface area contributed by atoms with Crippen LogP contribution in [-0.4, -0.2) is 43.5 Å². The minimum Gasteiger partial charge on any atom is -0.369 e. The summed E-state index contributed by atoms with van der Waals surface area (Å²) in [6.45, 7) is 5.85. The molecular weight excluding hydrogens is 441 g/mol. The molecule has 5 nitrogen and oxygen atoms in total. The average Bonchev–Trinajstić information content (AvgIpc) is 3.20. The number of nitrogens with zero attached hydrogens (tertiary/aromatic N) is 3. The molecule has 0 amide bonds. The van der Waals surface area contributed by atoms with Gasteiger partial charge in [-0.25, -0.2) is 12.4 Å². The fourth-order valence-electron chi connectivity index (χ4n) is 3.66. The summed E-state index contributed by atoms with van der Waals surface area (Å²) < 4.78 is 27.5. The summed E-state index contributed by atoms with van der Waals surface area (Å²) in [4.78, 5) is 4.83. The molecule has 8 heteroatoms. The van der Waals surface area contributed by atoms with Crippen LogP contribution in [0.4, 0.5) is 5.69 Å². The lowest BCUT2D eigenvalue weighted by Crippen LogP contribution is -2.46. The van der Waals surface area contributed by atoms with E-state index in [9.17, 15) is 8.42 Å². The van der Waals surface area contributed by atoms with Gasteiger partial charge in [0.1, 0.15) is 0 Å². The number of anilines is 1. The second-order valence-corrected chi connectivity index (χ2v) is 10.1. The molecule has 1 aliphatic rings. The van der Waals surface area contributed by atoms with E-state index in [1.165, 1.54) is 3.97 Å². The quantitative estimate of drug-likeness (QED) is 0.551. The van der Waals surface area contributed by atoms with Crippen LogP contribution in [0.25, 0.3) is 0 Å². The number of rotatable bonds is 5. The molecule has 1 aromatic heterocycles. The topological polar surface area (TPSA) is 45.6 Å². The van der Waals surface area contributed by atoms with Crippen LogP contribution in [0.1, 0.15) is 11.3 Å². The van der Waals surface area contributed by atoms with E-state index in [1.54, 1.807) is 24.4 Å². The summed E-state index contributed by atoms with van der Waals surface area (Å²) in [5.74, 6) is 0. The molecule has 2 aromatic carbocycles. The third-order valence-corrected chi connectivity index (χ3v) is 7.88. The Morgan fingerprint density at radius 2 is 1.60 bits per heavy atom. The molecule has 3 aromatic rings. The fraction of sp³-hybridized carbons (Fsp3) is 0.273. The van der Waals surface area contributed by atoms with E-state index >= 15 is 0 Å². The molecule has 4 rings (SSSR count). The van der Waals surface area contributed by atoms with E-state index in [0.29, 0.717) is 21.5 Å². The Morgan fingerprint density at radius 1 is 0.900 bits per heavy atom. The minimum absolute atomic E-state index is 0.301. The van der Waals surface area contributed by atoms with Crippen LogP contribution in [0.2, 0.25) is 10.0 Å². The molecule has 0 aliphatic carbocycles. The van der Waals surface area contributed by atoms with E-state index in [1.807, 2.05) is 43.3 Å². The number of aromatic nitrogens is 1. The van der Waals surface area contributed by atoms with E-state index in [-0.39, 0.29) is 0 Å². The van der Waals surface area contributed by atoms with Crippen LogP contribution < -0.4 is 4.90 Å². The Labute approximate surface area is 187 Å². The molecular formula is C22H23Cl2N3O2S. The number of hydrogen-bond acceptors (Lipinski definition) is 4. The highest BCUT2D eigenvalue weighted by molar-refractivity contribution is 7.90. The fourth-order valence-corrected chi connectivity index (χ4v) is 5.31. The lowest BCUT2D eigenvalue weighted by Gasteiger charge is -2.36. The van der Waals surface area contributed by atoms with Crippen molar-refractivity contribution < 1.29 is 8.42 Å². The molecule has 0 unspecified atom stereocenters. The Hall–Kier alpha value is -1.99. The lowest BCUT2D eigenvalue weighted by atomic mass is 10.2. The van der Waals surface area contributed by atoms with E-state index in [0.717, 1.165) is 43.1 Å². The first kappa shape index (κ1) is 21.2. The van der Waals surface area contributed by atoms with Crippen molar-refractivity contribution in [3.8, 4) is 0 Å². The van der Waals surface area contributed by atoms with Gasteiger partial charge in [-0.2, -0.15) is 0 Å². The Bertz CT molecular complexity index is 1140. The Morgan fingerprint density at radius 3 is 2.27 bits per heavy atom. The molecule has 1 saturated heterocycles. The summed E-state index contributed by atoms with van der Waals surface area (Å²) >= 11 is 12.2. The van der Waals surface area contributed by atoms with Crippen LogP contribution in [0.15, 0.2) is 65.7 Å². The monoisotopic (exact) mass is 463 g/mol. The highest BCUT2D eigenvalue weighted by Crippen LogP contribution is 2.28. The van der Waals surface area contributed by atoms with Crippen molar-refractivity contribution in [3.63, 3.8) is 0 Å². The zero-order chi connectivity index (χ0) is 21.3. The molecule has 0 radical (unpaired) electrons. The van der Waals surface area contributed by atoms with E-state index < -0.39 is 10.0 Å². The second-order valence-electron chi connectivity index (χ2n) is 7.48. The first-order chi connectivity index (χ1) is 14.3. The molecule has 1 fully saturated rings. The smallest absolute Gasteiger partial charge is 0.267 e. The summed E-state index contributed by atoms with van der Waals surface area (Å²) in [6, 6.07) is 16.3. The highest BCUT2D eigenvalue weighted by atomic mass is 35.5. The summed E-state index contributed by atoms with van der Waals surface area (Å²) in [5, 5.41) is 1.10.